The Morgan fingerprint density at radius 2 is 1.51 bits per heavy atom. The van der Waals surface area contributed by atoms with Crippen molar-refractivity contribution < 1.29 is 13.2 Å². The summed E-state index contributed by atoms with van der Waals surface area (Å²) in [4.78, 5) is 0. The number of hydrogen-bond acceptors (Lipinski definition) is 3. The highest BCUT2D eigenvalue weighted by atomic mass is 35.5. The van der Waals surface area contributed by atoms with Gasteiger partial charge in [0.15, 0.2) is 0 Å². The summed E-state index contributed by atoms with van der Waals surface area (Å²) in [6, 6.07) is 12.7. The van der Waals surface area contributed by atoms with Gasteiger partial charge in [0.1, 0.15) is 12.5 Å². The molecule has 1 N–H and O–H groups in total. The first-order valence-electron chi connectivity index (χ1n) is 12.1. The predicted molar refractivity (Wildman–Crippen MR) is 132 cm³/mol. The van der Waals surface area contributed by atoms with Crippen LogP contribution in [-0.4, -0.2) is 14.3 Å². The molecular weight excluding hydrogens is 493 g/mol. The lowest BCUT2D eigenvalue weighted by atomic mass is 9.49. The molecule has 4 fully saturated rings. The minimum atomic E-state index is -4.36. The van der Waals surface area contributed by atoms with Crippen molar-refractivity contribution in [1.82, 2.24) is 14.3 Å². The number of alkyl halides is 3. The Kier molecular flexibility index (Phi) is 5.53. The average Bonchev–Trinajstić information content (AvgIpc) is 3.14. The van der Waals surface area contributed by atoms with Crippen LogP contribution >= 0.6 is 23.8 Å². The minimum Gasteiger partial charge on any atom is -0.366 e. The summed E-state index contributed by atoms with van der Waals surface area (Å²) in [5.41, 5.74) is 0.862. The normalized spacial score (nSPS) is 27.4. The third-order valence-corrected chi connectivity index (χ3v) is 8.73. The van der Waals surface area contributed by atoms with Gasteiger partial charge in [-0.25, -0.2) is 4.68 Å². The molecule has 4 aliphatic carbocycles. The Balaban J connectivity index is 1.36. The van der Waals surface area contributed by atoms with E-state index in [9.17, 15) is 13.2 Å². The monoisotopic (exact) mass is 518 g/mol. The molecule has 1 heterocycles. The SMILES string of the molecule is FC(F)(F)c1ccc(NCn2nc(C34CC5CC(CC(C5)C3)C4)n(-c3ccc(Cl)cc3)c2=S)cc1. The van der Waals surface area contributed by atoms with Crippen LogP contribution < -0.4 is 5.32 Å². The number of anilines is 1. The van der Waals surface area contributed by atoms with E-state index < -0.39 is 11.7 Å². The Bertz CT molecular complexity index is 1260. The van der Waals surface area contributed by atoms with E-state index in [4.69, 9.17) is 28.9 Å². The molecule has 1 aromatic heterocycles. The van der Waals surface area contributed by atoms with Crippen LogP contribution in [0, 0.1) is 22.5 Å². The van der Waals surface area contributed by atoms with Crippen molar-refractivity contribution in [1.29, 1.82) is 0 Å². The van der Waals surface area contributed by atoms with Crippen molar-refractivity contribution in [2.45, 2.75) is 56.8 Å². The Labute approximate surface area is 212 Å². The van der Waals surface area contributed by atoms with Gasteiger partial charge in [0.25, 0.3) is 0 Å². The summed E-state index contributed by atoms with van der Waals surface area (Å²) >= 11 is 12.1. The average molecular weight is 519 g/mol. The fourth-order valence-electron chi connectivity index (χ4n) is 7.00. The zero-order chi connectivity index (χ0) is 24.4. The standard InChI is InChI=1S/C26H26ClF3N4S/c27-20-3-7-22(8-4-20)34-23(25-12-16-9-17(13-25)11-18(10-16)14-25)32-33(24(34)35)15-31-21-5-1-19(2-6-21)26(28,29)30/h1-8,16-18,31H,9-15H2. The van der Waals surface area contributed by atoms with Crippen LogP contribution in [0.15, 0.2) is 48.5 Å². The topological polar surface area (TPSA) is 34.8 Å². The van der Waals surface area contributed by atoms with Crippen LogP contribution in [0.25, 0.3) is 5.69 Å². The third kappa shape index (κ3) is 4.18. The molecule has 4 saturated carbocycles. The molecule has 0 aliphatic heterocycles. The summed E-state index contributed by atoms with van der Waals surface area (Å²) in [5.74, 6) is 3.27. The van der Waals surface area contributed by atoms with Crippen LogP contribution in [0.4, 0.5) is 18.9 Å². The van der Waals surface area contributed by atoms with Crippen molar-refractivity contribution in [2.24, 2.45) is 17.8 Å². The zero-order valence-electron chi connectivity index (χ0n) is 19.1. The molecule has 35 heavy (non-hydrogen) atoms. The van der Waals surface area contributed by atoms with Gasteiger partial charge in [-0.05, 0) is 117 Å². The molecule has 184 valence electrons. The van der Waals surface area contributed by atoms with Gasteiger partial charge >= 0.3 is 6.18 Å². The Hall–Kier alpha value is -2.32. The van der Waals surface area contributed by atoms with Gasteiger partial charge in [0, 0.05) is 21.8 Å². The summed E-state index contributed by atoms with van der Waals surface area (Å²) in [6.45, 7) is 0.268. The molecule has 7 rings (SSSR count). The summed E-state index contributed by atoms with van der Waals surface area (Å²) in [7, 11) is 0. The van der Waals surface area contributed by atoms with Gasteiger partial charge in [-0.15, -0.1) is 0 Å². The lowest BCUT2D eigenvalue weighted by Crippen LogP contribution is -2.49. The van der Waals surface area contributed by atoms with E-state index in [0.717, 1.165) is 60.7 Å². The Morgan fingerprint density at radius 1 is 0.943 bits per heavy atom. The lowest BCUT2D eigenvalue weighted by molar-refractivity contribution is -0.137. The maximum atomic E-state index is 12.9. The maximum Gasteiger partial charge on any atom is 0.416 e. The van der Waals surface area contributed by atoms with Crippen molar-refractivity contribution >= 4 is 29.5 Å². The van der Waals surface area contributed by atoms with E-state index in [1.54, 1.807) is 4.68 Å². The summed E-state index contributed by atoms with van der Waals surface area (Å²) in [6.07, 6.45) is 3.07. The molecule has 0 amide bonds. The second-order valence-corrected chi connectivity index (χ2v) is 11.3. The van der Waals surface area contributed by atoms with Crippen LogP contribution in [0.2, 0.25) is 5.02 Å². The Morgan fingerprint density at radius 3 is 2.06 bits per heavy atom. The first kappa shape index (κ1) is 23.1. The van der Waals surface area contributed by atoms with Crippen molar-refractivity contribution in [3.63, 3.8) is 0 Å². The number of benzene rings is 2. The second kappa shape index (κ2) is 8.37. The van der Waals surface area contributed by atoms with Gasteiger partial charge in [0.2, 0.25) is 4.77 Å². The highest BCUT2D eigenvalue weighted by molar-refractivity contribution is 7.71. The number of aromatic nitrogens is 3. The van der Waals surface area contributed by atoms with Gasteiger partial charge in [-0.2, -0.15) is 18.3 Å². The molecule has 0 radical (unpaired) electrons. The molecule has 4 aliphatic rings. The minimum absolute atomic E-state index is 0.0154. The van der Waals surface area contributed by atoms with Gasteiger partial charge in [-0.3, -0.25) is 4.57 Å². The fourth-order valence-corrected chi connectivity index (χ4v) is 7.43. The van der Waals surface area contributed by atoms with Crippen LogP contribution in [0.5, 0.6) is 0 Å². The van der Waals surface area contributed by atoms with Crippen LogP contribution in [-0.2, 0) is 18.3 Å². The largest absolute Gasteiger partial charge is 0.416 e. The first-order chi connectivity index (χ1) is 16.7. The van der Waals surface area contributed by atoms with Gasteiger partial charge < -0.3 is 5.32 Å². The molecule has 4 nitrogen and oxygen atoms in total. The molecule has 0 atom stereocenters. The van der Waals surface area contributed by atoms with Crippen LogP contribution in [0.3, 0.4) is 0 Å². The lowest BCUT2D eigenvalue weighted by Gasteiger charge is -2.56. The van der Waals surface area contributed by atoms with E-state index in [2.05, 4.69) is 9.88 Å². The molecule has 4 bridgehead atoms. The molecular formula is C26H26ClF3N4S. The number of rotatable bonds is 5. The number of nitrogens with zero attached hydrogens (tertiary/aromatic N) is 3. The third-order valence-electron chi connectivity index (χ3n) is 8.08. The fraction of sp³-hybridized carbons (Fsp3) is 0.462. The quantitative estimate of drug-likeness (QED) is 0.353. The van der Waals surface area contributed by atoms with E-state index in [0.29, 0.717) is 15.5 Å². The van der Waals surface area contributed by atoms with E-state index in [1.165, 1.54) is 31.4 Å². The van der Waals surface area contributed by atoms with Gasteiger partial charge in [-0.1, -0.05) is 11.6 Å². The highest BCUT2D eigenvalue weighted by Gasteiger charge is 2.54. The van der Waals surface area contributed by atoms with E-state index in [-0.39, 0.29) is 12.1 Å². The number of nitrogens with one attached hydrogen (secondary N) is 1. The van der Waals surface area contributed by atoms with Crippen molar-refractivity contribution in [3.05, 3.63) is 69.7 Å². The molecule has 9 heteroatoms. The van der Waals surface area contributed by atoms with Gasteiger partial charge in [0.05, 0.1) is 5.56 Å². The molecule has 0 saturated heterocycles. The number of halogens is 4. The van der Waals surface area contributed by atoms with E-state index in [1.807, 2.05) is 24.3 Å². The zero-order valence-corrected chi connectivity index (χ0v) is 20.6. The molecule has 3 aromatic rings. The molecule has 2 aromatic carbocycles. The van der Waals surface area contributed by atoms with Crippen molar-refractivity contribution in [2.75, 3.05) is 5.32 Å². The molecule has 0 unspecified atom stereocenters. The maximum absolute atomic E-state index is 12.9. The number of hydrogen-bond donors (Lipinski definition) is 1. The summed E-state index contributed by atoms with van der Waals surface area (Å²) < 4.78 is 43.1. The van der Waals surface area contributed by atoms with Crippen LogP contribution in [0.1, 0.15) is 49.9 Å². The second-order valence-electron chi connectivity index (χ2n) is 10.5. The first-order valence-corrected chi connectivity index (χ1v) is 12.9. The molecule has 0 spiro atoms. The smallest absolute Gasteiger partial charge is 0.366 e. The predicted octanol–water partition coefficient (Wildman–Crippen LogP) is 7.61. The van der Waals surface area contributed by atoms with Crippen molar-refractivity contribution in [3.8, 4) is 5.69 Å². The van der Waals surface area contributed by atoms with E-state index >= 15 is 0 Å². The summed E-state index contributed by atoms with van der Waals surface area (Å²) in [5, 5.41) is 8.92. The highest BCUT2D eigenvalue weighted by Crippen LogP contribution is 2.60.